The van der Waals surface area contributed by atoms with Crippen LogP contribution in [0.15, 0.2) is 48.5 Å². The highest BCUT2D eigenvalue weighted by molar-refractivity contribution is 6.31. The lowest BCUT2D eigenvalue weighted by Crippen LogP contribution is -2.45. The number of rotatable bonds is 5. The quantitative estimate of drug-likeness (QED) is 0.642. The lowest BCUT2D eigenvalue weighted by molar-refractivity contribution is -0.121. The molecule has 2 aromatic rings. The summed E-state index contributed by atoms with van der Waals surface area (Å²) in [4.78, 5) is 39.7. The second-order valence-corrected chi connectivity index (χ2v) is 8.33. The van der Waals surface area contributed by atoms with Crippen LogP contribution in [0.5, 0.6) is 0 Å². The van der Waals surface area contributed by atoms with Crippen LogP contribution in [0, 0.1) is 5.92 Å². The summed E-state index contributed by atoms with van der Waals surface area (Å²) in [5.74, 6) is -0.900. The minimum absolute atomic E-state index is 0.0400. The molecule has 3 N–H and O–H groups in total. The Morgan fingerprint density at radius 3 is 2.52 bits per heavy atom. The third-order valence-electron chi connectivity index (χ3n) is 5.01. The lowest BCUT2D eigenvalue weighted by Gasteiger charge is -2.32. The first-order chi connectivity index (χ1) is 14.8. The number of benzene rings is 2. The van der Waals surface area contributed by atoms with Crippen LogP contribution in [0.3, 0.4) is 0 Å². The molecule has 1 fully saturated rings. The summed E-state index contributed by atoms with van der Waals surface area (Å²) >= 11 is 6.09. The minimum atomic E-state index is -0.379. The number of hydrogen-bond acceptors (Lipinski definition) is 3. The standard InChI is InChI=1S/C23H27ClN4O3/c1-15(2)25-22(30)19-11-10-17(24)13-20(19)27-21(29)16-7-6-12-28(14-16)23(31)26-18-8-4-3-5-9-18/h3-5,8-11,13,15-16H,6-7,12,14H2,1-2H3,(H,25,30)(H,26,31)(H,27,29). The Bertz CT molecular complexity index is 949. The highest BCUT2D eigenvalue weighted by Gasteiger charge is 2.29. The van der Waals surface area contributed by atoms with Crippen molar-refractivity contribution in [2.45, 2.75) is 32.7 Å². The highest BCUT2D eigenvalue weighted by Crippen LogP contribution is 2.24. The zero-order valence-corrected chi connectivity index (χ0v) is 18.4. The van der Waals surface area contributed by atoms with Gasteiger partial charge >= 0.3 is 6.03 Å². The average molecular weight is 443 g/mol. The van der Waals surface area contributed by atoms with Gasteiger partial charge in [0.05, 0.1) is 17.2 Å². The zero-order valence-electron chi connectivity index (χ0n) is 17.7. The Balaban J connectivity index is 1.67. The van der Waals surface area contributed by atoms with E-state index in [0.717, 1.165) is 6.42 Å². The fourth-order valence-electron chi connectivity index (χ4n) is 3.49. The molecule has 1 unspecified atom stereocenters. The Labute approximate surface area is 187 Å². The third kappa shape index (κ3) is 6.21. The van der Waals surface area contributed by atoms with Gasteiger partial charge in [-0.05, 0) is 57.0 Å². The Kier molecular flexibility index (Phi) is 7.52. The first-order valence-electron chi connectivity index (χ1n) is 10.4. The molecule has 3 rings (SSSR count). The number of carbonyl (C=O) groups excluding carboxylic acids is 3. The second kappa shape index (κ2) is 10.3. The Hall–Kier alpha value is -3.06. The molecule has 2 aromatic carbocycles. The first kappa shape index (κ1) is 22.6. The number of hydrogen-bond donors (Lipinski definition) is 3. The summed E-state index contributed by atoms with van der Waals surface area (Å²) in [6, 6.07) is 13.7. The number of para-hydroxylation sites is 1. The molecular formula is C23H27ClN4O3. The predicted molar refractivity (Wildman–Crippen MR) is 122 cm³/mol. The van der Waals surface area contributed by atoms with Crippen LogP contribution in [-0.4, -0.2) is 41.9 Å². The van der Waals surface area contributed by atoms with Crippen molar-refractivity contribution in [2.75, 3.05) is 23.7 Å². The SMILES string of the molecule is CC(C)NC(=O)c1ccc(Cl)cc1NC(=O)C1CCCN(C(=O)Nc2ccccc2)C1. The molecule has 164 valence electrons. The van der Waals surface area contributed by atoms with Crippen LogP contribution in [0.25, 0.3) is 0 Å². The van der Waals surface area contributed by atoms with Crippen molar-refractivity contribution in [3.8, 4) is 0 Å². The maximum absolute atomic E-state index is 13.0. The van der Waals surface area contributed by atoms with Crippen molar-refractivity contribution in [2.24, 2.45) is 5.92 Å². The van der Waals surface area contributed by atoms with E-state index in [1.165, 1.54) is 0 Å². The number of piperidine rings is 1. The van der Waals surface area contributed by atoms with Crippen molar-refractivity contribution in [3.05, 3.63) is 59.1 Å². The fourth-order valence-corrected chi connectivity index (χ4v) is 3.66. The molecule has 1 atom stereocenters. The summed E-state index contributed by atoms with van der Waals surface area (Å²) in [7, 11) is 0. The number of halogens is 1. The van der Waals surface area contributed by atoms with Gasteiger partial charge < -0.3 is 20.9 Å². The van der Waals surface area contributed by atoms with Crippen molar-refractivity contribution in [1.29, 1.82) is 0 Å². The zero-order chi connectivity index (χ0) is 22.4. The van der Waals surface area contributed by atoms with Gasteiger partial charge in [0.2, 0.25) is 5.91 Å². The summed E-state index contributed by atoms with van der Waals surface area (Å²) in [6.07, 6.45) is 1.38. The van der Waals surface area contributed by atoms with Gasteiger partial charge in [-0.25, -0.2) is 4.79 Å². The van der Waals surface area contributed by atoms with Gasteiger partial charge in [0.25, 0.3) is 5.91 Å². The maximum Gasteiger partial charge on any atom is 0.321 e. The second-order valence-electron chi connectivity index (χ2n) is 7.89. The van der Waals surface area contributed by atoms with Gasteiger partial charge in [0.1, 0.15) is 0 Å². The minimum Gasteiger partial charge on any atom is -0.350 e. The van der Waals surface area contributed by atoms with E-state index in [0.29, 0.717) is 41.5 Å². The number of urea groups is 1. The van der Waals surface area contributed by atoms with Crippen molar-refractivity contribution >= 4 is 40.8 Å². The molecule has 31 heavy (non-hydrogen) atoms. The summed E-state index contributed by atoms with van der Waals surface area (Å²) in [5.41, 5.74) is 1.42. The van der Waals surface area contributed by atoms with E-state index in [2.05, 4.69) is 16.0 Å². The number of nitrogens with zero attached hydrogens (tertiary/aromatic N) is 1. The molecule has 0 aliphatic carbocycles. The molecule has 0 bridgehead atoms. The van der Waals surface area contributed by atoms with E-state index in [1.54, 1.807) is 23.1 Å². The van der Waals surface area contributed by atoms with E-state index in [1.807, 2.05) is 44.2 Å². The molecule has 8 heteroatoms. The molecule has 0 aromatic heterocycles. The number of likely N-dealkylation sites (tertiary alicyclic amines) is 1. The van der Waals surface area contributed by atoms with Gasteiger partial charge in [-0.3, -0.25) is 9.59 Å². The van der Waals surface area contributed by atoms with Gasteiger partial charge in [0.15, 0.2) is 0 Å². The molecule has 1 aliphatic heterocycles. The topological polar surface area (TPSA) is 90.5 Å². The third-order valence-corrected chi connectivity index (χ3v) is 5.24. The van der Waals surface area contributed by atoms with Crippen LogP contribution in [0.4, 0.5) is 16.2 Å². The fraction of sp³-hybridized carbons (Fsp3) is 0.348. The highest BCUT2D eigenvalue weighted by atomic mass is 35.5. The molecular weight excluding hydrogens is 416 g/mol. The molecule has 0 radical (unpaired) electrons. The van der Waals surface area contributed by atoms with E-state index in [-0.39, 0.29) is 29.8 Å². The van der Waals surface area contributed by atoms with Gasteiger partial charge in [0, 0.05) is 29.8 Å². The summed E-state index contributed by atoms with van der Waals surface area (Å²) in [5, 5.41) is 8.94. The maximum atomic E-state index is 13.0. The van der Waals surface area contributed by atoms with Crippen LogP contribution >= 0.6 is 11.6 Å². The monoisotopic (exact) mass is 442 g/mol. The van der Waals surface area contributed by atoms with Crippen LogP contribution < -0.4 is 16.0 Å². The van der Waals surface area contributed by atoms with Crippen molar-refractivity contribution < 1.29 is 14.4 Å². The van der Waals surface area contributed by atoms with Crippen LogP contribution in [0.1, 0.15) is 37.0 Å². The normalized spacial score (nSPS) is 16.0. The molecule has 1 heterocycles. The predicted octanol–water partition coefficient (Wildman–Crippen LogP) is 4.36. The first-order valence-corrected chi connectivity index (χ1v) is 10.7. The molecule has 1 saturated heterocycles. The van der Waals surface area contributed by atoms with E-state index < -0.39 is 0 Å². The molecule has 4 amide bonds. The molecule has 1 aliphatic rings. The number of anilines is 2. The van der Waals surface area contributed by atoms with Gasteiger partial charge in [-0.15, -0.1) is 0 Å². The summed E-state index contributed by atoms with van der Waals surface area (Å²) < 4.78 is 0. The van der Waals surface area contributed by atoms with Crippen molar-refractivity contribution in [3.63, 3.8) is 0 Å². The largest absolute Gasteiger partial charge is 0.350 e. The molecule has 0 spiro atoms. The molecule has 0 saturated carbocycles. The van der Waals surface area contributed by atoms with Crippen LogP contribution in [0.2, 0.25) is 5.02 Å². The summed E-state index contributed by atoms with van der Waals surface area (Å²) in [6.45, 7) is 4.62. The number of amides is 4. The Morgan fingerprint density at radius 1 is 1.06 bits per heavy atom. The van der Waals surface area contributed by atoms with Gasteiger partial charge in [-0.2, -0.15) is 0 Å². The van der Waals surface area contributed by atoms with E-state index >= 15 is 0 Å². The molecule has 7 nitrogen and oxygen atoms in total. The Morgan fingerprint density at radius 2 is 1.81 bits per heavy atom. The van der Waals surface area contributed by atoms with E-state index in [4.69, 9.17) is 11.6 Å². The lowest BCUT2D eigenvalue weighted by atomic mass is 9.97. The van der Waals surface area contributed by atoms with Crippen molar-refractivity contribution in [1.82, 2.24) is 10.2 Å². The number of carbonyl (C=O) groups is 3. The van der Waals surface area contributed by atoms with E-state index in [9.17, 15) is 14.4 Å². The number of nitrogens with one attached hydrogen (secondary N) is 3. The van der Waals surface area contributed by atoms with Crippen LogP contribution in [-0.2, 0) is 4.79 Å². The average Bonchev–Trinajstić information content (AvgIpc) is 2.74. The smallest absolute Gasteiger partial charge is 0.321 e. The van der Waals surface area contributed by atoms with Gasteiger partial charge in [-0.1, -0.05) is 29.8 Å².